The monoisotopic (exact) mass is 237 g/mol. The van der Waals surface area contributed by atoms with Crippen LogP contribution in [0.25, 0.3) is 0 Å². The van der Waals surface area contributed by atoms with E-state index in [9.17, 15) is 0 Å². The second-order valence-corrected chi connectivity index (χ2v) is 6.12. The summed E-state index contributed by atoms with van der Waals surface area (Å²) in [5.41, 5.74) is 0. The smallest absolute Gasteiger partial charge is 0.205 e. The van der Waals surface area contributed by atoms with E-state index in [-0.39, 0.29) is 0 Å². The third-order valence-electron chi connectivity index (χ3n) is 3.74. The van der Waals surface area contributed by atoms with Gasteiger partial charge in [0, 0.05) is 30.0 Å². The van der Waals surface area contributed by atoms with Crippen LogP contribution in [0.4, 0.5) is 5.13 Å². The molecule has 2 aliphatic rings. The van der Waals surface area contributed by atoms with E-state index in [2.05, 4.69) is 23.1 Å². The Bertz CT molecular complexity index is 372. The zero-order valence-corrected chi connectivity index (χ0v) is 10.8. The normalized spacial score (nSPS) is 30.8. The van der Waals surface area contributed by atoms with E-state index in [1.54, 1.807) is 11.5 Å². The van der Waals surface area contributed by atoms with Gasteiger partial charge in [-0.15, -0.1) is 0 Å². The zero-order chi connectivity index (χ0) is 11.1. The van der Waals surface area contributed by atoms with E-state index in [4.69, 9.17) is 4.98 Å². The van der Waals surface area contributed by atoms with E-state index >= 15 is 0 Å². The second-order valence-electron chi connectivity index (χ2n) is 5.39. The highest BCUT2D eigenvalue weighted by Crippen LogP contribution is 2.40. The van der Waals surface area contributed by atoms with Crippen molar-refractivity contribution in [3.8, 4) is 0 Å². The third-order valence-corrected chi connectivity index (χ3v) is 4.50. The van der Waals surface area contributed by atoms with Crippen molar-refractivity contribution in [3.63, 3.8) is 0 Å². The maximum absolute atomic E-state index is 4.71. The molecule has 2 fully saturated rings. The average Bonchev–Trinajstić information content (AvgIpc) is 3.01. The molecule has 4 heteroatoms. The van der Waals surface area contributed by atoms with Gasteiger partial charge in [-0.2, -0.15) is 4.37 Å². The first-order chi connectivity index (χ1) is 7.74. The summed E-state index contributed by atoms with van der Waals surface area (Å²) in [4.78, 5) is 7.17. The second kappa shape index (κ2) is 3.99. The van der Waals surface area contributed by atoms with E-state index < -0.39 is 0 Å². The molecule has 0 spiro atoms. The van der Waals surface area contributed by atoms with Crippen molar-refractivity contribution < 1.29 is 0 Å². The minimum Gasteiger partial charge on any atom is -0.344 e. The van der Waals surface area contributed by atoms with Crippen molar-refractivity contribution in [3.05, 3.63) is 5.82 Å². The molecule has 0 radical (unpaired) electrons. The molecule has 2 atom stereocenters. The van der Waals surface area contributed by atoms with Gasteiger partial charge in [0.25, 0.3) is 0 Å². The number of nitrogens with zero attached hydrogens (tertiary/aromatic N) is 3. The van der Waals surface area contributed by atoms with Crippen molar-refractivity contribution >= 4 is 16.7 Å². The third kappa shape index (κ3) is 1.95. The molecule has 0 aromatic carbocycles. The molecule has 3 nitrogen and oxygen atoms in total. The molecule has 1 saturated carbocycles. The Balaban J connectivity index is 1.78. The predicted octanol–water partition coefficient (Wildman–Crippen LogP) is 3.04. The number of piperidine rings is 1. The molecule has 0 N–H and O–H groups in total. The Morgan fingerprint density at radius 2 is 2.00 bits per heavy atom. The van der Waals surface area contributed by atoms with Crippen LogP contribution < -0.4 is 4.90 Å². The van der Waals surface area contributed by atoms with Gasteiger partial charge >= 0.3 is 0 Å². The number of aromatic nitrogens is 2. The Morgan fingerprint density at radius 3 is 2.75 bits per heavy atom. The summed E-state index contributed by atoms with van der Waals surface area (Å²) >= 11 is 1.59. The first kappa shape index (κ1) is 10.5. The summed E-state index contributed by atoms with van der Waals surface area (Å²) in [6.07, 6.45) is 5.23. The van der Waals surface area contributed by atoms with Gasteiger partial charge < -0.3 is 4.90 Å². The highest BCUT2D eigenvalue weighted by atomic mass is 32.1. The summed E-state index contributed by atoms with van der Waals surface area (Å²) in [6.45, 7) is 5.80. The molecular formula is C12H19N3S. The van der Waals surface area contributed by atoms with Gasteiger partial charge in [0.05, 0.1) is 0 Å². The Hall–Kier alpha value is -0.640. The van der Waals surface area contributed by atoms with Crippen LogP contribution >= 0.6 is 11.5 Å². The van der Waals surface area contributed by atoms with Crippen molar-refractivity contribution in [1.29, 1.82) is 0 Å². The van der Waals surface area contributed by atoms with Crippen LogP contribution in [-0.2, 0) is 0 Å². The van der Waals surface area contributed by atoms with Crippen LogP contribution in [0, 0.1) is 5.92 Å². The fraction of sp³-hybridized carbons (Fsp3) is 0.833. The van der Waals surface area contributed by atoms with E-state index in [1.165, 1.54) is 25.7 Å². The first-order valence-corrected chi connectivity index (χ1v) is 7.11. The van der Waals surface area contributed by atoms with Crippen LogP contribution in [0.15, 0.2) is 0 Å². The average molecular weight is 237 g/mol. The van der Waals surface area contributed by atoms with Crippen LogP contribution in [0.2, 0.25) is 0 Å². The van der Waals surface area contributed by atoms with E-state index in [0.29, 0.717) is 12.0 Å². The summed E-state index contributed by atoms with van der Waals surface area (Å²) in [7, 11) is 0. The SMILES string of the molecule is CC1CCC(C)N(c2nc(C3CC3)ns2)C1. The van der Waals surface area contributed by atoms with E-state index in [1.807, 2.05) is 0 Å². The summed E-state index contributed by atoms with van der Waals surface area (Å²) in [5.74, 6) is 2.58. The largest absolute Gasteiger partial charge is 0.344 e. The van der Waals surface area contributed by atoms with Gasteiger partial charge in [-0.1, -0.05) is 6.92 Å². The maximum Gasteiger partial charge on any atom is 0.205 e. The zero-order valence-electron chi connectivity index (χ0n) is 10.0. The Kier molecular flexibility index (Phi) is 2.62. The van der Waals surface area contributed by atoms with Crippen molar-refractivity contribution in [1.82, 2.24) is 9.36 Å². The summed E-state index contributed by atoms with van der Waals surface area (Å²) in [5, 5.41) is 1.15. The molecule has 1 aromatic rings. The Labute approximate surface area is 101 Å². The highest BCUT2D eigenvalue weighted by Gasteiger charge is 2.30. The topological polar surface area (TPSA) is 29.0 Å². The molecule has 0 amide bonds. The molecule has 16 heavy (non-hydrogen) atoms. The molecule has 2 heterocycles. The molecule has 1 aliphatic carbocycles. The number of hydrogen-bond acceptors (Lipinski definition) is 4. The fourth-order valence-corrected chi connectivity index (χ4v) is 3.26. The van der Waals surface area contributed by atoms with Crippen LogP contribution in [0.1, 0.15) is 51.3 Å². The highest BCUT2D eigenvalue weighted by molar-refractivity contribution is 7.09. The minimum atomic E-state index is 0.635. The van der Waals surface area contributed by atoms with Crippen molar-refractivity contribution in [2.45, 2.75) is 51.5 Å². The quantitative estimate of drug-likeness (QED) is 0.791. The molecular weight excluding hydrogens is 218 g/mol. The molecule has 1 aliphatic heterocycles. The number of rotatable bonds is 2. The summed E-state index contributed by atoms with van der Waals surface area (Å²) < 4.78 is 4.50. The van der Waals surface area contributed by atoms with Crippen LogP contribution in [0.5, 0.6) is 0 Å². The van der Waals surface area contributed by atoms with Crippen molar-refractivity contribution in [2.24, 2.45) is 5.92 Å². The lowest BCUT2D eigenvalue weighted by molar-refractivity contribution is 0.390. The van der Waals surface area contributed by atoms with Gasteiger partial charge in [0.2, 0.25) is 5.13 Å². The fourth-order valence-electron chi connectivity index (χ4n) is 2.41. The molecule has 88 valence electrons. The van der Waals surface area contributed by atoms with Gasteiger partial charge in [-0.25, -0.2) is 4.98 Å². The standard InChI is InChI=1S/C12H19N3S/c1-8-3-4-9(2)15(7-8)12-13-11(14-16-12)10-5-6-10/h8-10H,3-7H2,1-2H3. The van der Waals surface area contributed by atoms with E-state index in [0.717, 1.165) is 23.4 Å². The van der Waals surface area contributed by atoms with Crippen molar-refractivity contribution in [2.75, 3.05) is 11.4 Å². The minimum absolute atomic E-state index is 0.635. The lowest BCUT2D eigenvalue weighted by Gasteiger charge is -2.36. The number of hydrogen-bond donors (Lipinski definition) is 0. The molecule has 3 rings (SSSR count). The summed E-state index contributed by atoms with van der Waals surface area (Å²) in [6, 6.07) is 0.635. The predicted molar refractivity (Wildman–Crippen MR) is 67.1 cm³/mol. The van der Waals surface area contributed by atoms with Crippen LogP contribution in [0.3, 0.4) is 0 Å². The molecule has 2 unspecified atom stereocenters. The van der Waals surface area contributed by atoms with Gasteiger partial charge in [-0.3, -0.25) is 0 Å². The number of anilines is 1. The van der Waals surface area contributed by atoms with Gasteiger partial charge in [0.1, 0.15) is 5.82 Å². The molecule has 0 bridgehead atoms. The lowest BCUT2D eigenvalue weighted by Crippen LogP contribution is -2.41. The van der Waals surface area contributed by atoms with Crippen LogP contribution in [-0.4, -0.2) is 21.9 Å². The molecule has 1 saturated heterocycles. The van der Waals surface area contributed by atoms with Gasteiger partial charge in [-0.05, 0) is 38.5 Å². The Morgan fingerprint density at radius 1 is 1.19 bits per heavy atom. The maximum atomic E-state index is 4.71. The molecule has 1 aromatic heterocycles. The lowest BCUT2D eigenvalue weighted by atomic mass is 9.96. The van der Waals surface area contributed by atoms with Gasteiger partial charge in [0.15, 0.2) is 0 Å². The first-order valence-electron chi connectivity index (χ1n) is 6.34.